The van der Waals surface area contributed by atoms with Crippen molar-refractivity contribution in [3.8, 4) is 0 Å². The van der Waals surface area contributed by atoms with Crippen LogP contribution < -0.4 is 10.6 Å². The fraction of sp³-hybridized carbons (Fsp3) is 0.600. The van der Waals surface area contributed by atoms with E-state index < -0.39 is 0 Å². The molecule has 0 aromatic carbocycles. The highest BCUT2D eigenvalue weighted by Gasteiger charge is 2.20. The fourth-order valence-electron chi connectivity index (χ4n) is 2.60. The van der Waals surface area contributed by atoms with Gasteiger partial charge in [-0.2, -0.15) is 5.10 Å². The Bertz CT molecular complexity index is 673. The number of fused-ring (bicyclic) bond motifs is 1. The van der Waals surface area contributed by atoms with Gasteiger partial charge in [-0.15, -0.1) is 0 Å². The van der Waals surface area contributed by atoms with Crippen molar-refractivity contribution < 1.29 is 4.52 Å². The molecule has 1 unspecified atom stereocenters. The summed E-state index contributed by atoms with van der Waals surface area (Å²) in [4.78, 5) is 8.51. The van der Waals surface area contributed by atoms with Crippen LogP contribution in [-0.4, -0.2) is 39.0 Å². The normalized spacial score (nSPS) is 18.1. The van der Waals surface area contributed by atoms with Crippen LogP contribution >= 0.6 is 0 Å². The van der Waals surface area contributed by atoms with Crippen LogP contribution in [0.4, 0.5) is 0 Å². The van der Waals surface area contributed by atoms with Gasteiger partial charge in [0, 0.05) is 25.6 Å². The van der Waals surface area contributed by atoms with E-state index in [4.69, 9.17) is 4.52 Å². The number of aryl methyl sites for hydroxylation is 1. The van der Waals surface area contributed by atoms with Crippen LogP contribution in [0.3, 0.4) is 0 Å². The van der Waals surface area contributed by atoms with Crippen molar-refractivity contribution in [2.45, 2.75) is 51.7 Å². The van der Waals surface area contributed by atoms with E-state index in [-0.39, 0.29) is 6.04 Å². The van der Waals surface area contributed by atoms with Gasteiger partial charge in [-0.1, -0.05) is 19.0 Å². The number of nitrogens with one attached hydrogen (secondary N) is 2. The monoisotopic (exact) mass is 317 g/mol. The van der Waals surface area contributed by atoms with E-state index in [1.54, 1.807) is 13.4 Å². The van der Waals surface area contributed by atoms with Crippen molar-refractivity contribution in [3.05, 3.63) is 29.7 Å². The summed E-state index contributed by atoms with van der Waals surface area (Å²) in [6.07, 6.45) is 3.55. The average molecular weight is 317 g/mol. The minimum Gasteiger partial charge on any atom is -0.359 e. The molecule has 1 aliphatic heterocycles. The van der Waals surface area contributed by atoms with Crippen LogP contribution in [0.5, 0.6) is 0 Å². The van der Waals surface area contributed by atoms with Crippen LogP contribution in [0.2, 0.25) is 0 Å². The Morgan fingerprint density at radius 2 is 2.39 bits per heavy atom. The summed E-state index contributed by atoms with van der Waals surface area (Å²) in [5, 5.41) is 15.0. The summed E-state index contributed by atoms with van der Waals surface area (Å²) < 4.78 is 7.27. The maximum atomic E-state index is 5.33. The lowest BCUT2D eigenvalue weighted by molar-refractivity contribution is 0.369. The average Bonchev–Trinajstić information content (AvgIpc) is 3.19. The molecular weight excluding hydrogens is 294 g/mol. The Balaban J connectivity index is 1.52. The van der Waals surface area contributed by atoms with Crippen LogP contribution in [0.1, 0.15) is 43.5 Å². The third-order valence-electron chi connectivity index (χ3n) is 3.97. The Hall–Kier alpha value is -2.38. The van der Waals surface area contributed by atoms with Gasteiger partial charge in [0.2, 0.25) is 0 Å². The molecule has 8 heteroatoms. The van der Waals surface area contributed by atoms with Gasteiger partial charge in [0.1, 0.15) is 12.2 Å². The summed E-state index contributed by atoms with van der Waals surface area (Å²) >= 11 is 0. The van der Waals surface area contributed by atoms with Crippen molar-refractivity contribution in [2.24, 2.45) is 4.99 Å². The molecule has 124 valence electrons. The van der Waals surface area contributed by atoms with Crippen molar-refractivity contribution in [3.63, 3.8) is 0 Å². The highest BCUT2D eigenvalue weighted by Crippen LogP contribution is 2.14. The SMILES string of the molecule is CN=C(NCc1cc(C(C)C)no1)NC1CCc2ncnn2C1. The Morgan fingerprint density at radius 1 is 1.52 bits per heavy atom. The van der Waals surface area contributed by atoms with Gasteiger partial charge >= 0.3 is 0 Å². The third-order valence-corrected chi connectivity index (χ3v) is 3.97. The lowest BCUT2D eigenvalue weighted by Gasteiger charge is -2.25. The van der Waals surface area contributed by atoms with E-state index in [9.17, 15) is 0 Å². The van der Waals surface area contributed by atoms with Crippen LogP contribution in [0, 0.1) is 0 Å². The van der Waals surface area contributed by atoms with Gasteiger partial charge in [0.25, 0.3) is 0 Å². The minimum absolute atomic E-state index is 0.288. The highest BCUT2D eigenvalue weighted by atomic mass is 16.5. The fourth-order valence-corrected chi connectivity index (χ4v) is 2.60. The molecule has 2 N–H and O–H groups in total. The van der Waals surface area contributed by atoms with Crippen LogP contribution in [0.25, 0.3) is 0 Å². The summed E-state index contributed by atoms with van der Waals surface area (Å²) in [7, 11) is 1.76. The highest BCUT2D eigenvalue weighted by molar-refractivity contribution is 5.79. The molecule has 2 aromatic heterocycles. The molecule has 0 aliphatic carbocycles. The molecule has 2 aromatic rings. The molecule has 23 heavy (non-hydrogen) atoms. The molecule has 0 fully saturated rings. The minimum atomic E-state index is 0.288. The van der Waals surface area contributed by atoms with Gasteiger partial charge in [-0.3, -0.25) is 4.99 Å². The number of rotatable bonds is 4. The van der Waals surface area contributed by atoms with Gasteiger partial charge in [0.15, 0.2) is 11.7 Å². The molecule has 0 bridgehead atoms. The zero-order valence-corrected chi connectivity index (χ0v) is 13.8. The molecule has 0 amide bonds. The second-order valence-electron chi connectivity index (χ2n) is 6.04. The molecule has 8 nitrogen and oxygen atoms in total. The van der Waals surface area contributed by atoms with E-state index in [0.717, 1.165) is 42.6 Å². The summed E-state index contributed by atoms with van der Waals surface area (Å²) in [5.74, 6) is 2.97. The molecular formula is C15H23N7O. The Kier molecular flexibility index (Phi) is 4.59. The lowest BCUT2D eigenvalue weighted by atomic mass is 10.1. The van der Waals surface area contributed by atoms with Crippen LogP contribution in [0.15, 0.2) is 21.9 Å². The van der Waals surface area contributed by atoms with E-state index in [2.05, 4.69) is 44.7 Å². The van der Waals surface area contributed by atoms with Gasteiger partial charge < -0.3 is 15.2 Å². The lowest BCUT2D eigenvalue weighted by Crippen LogP contribution is -2.46. The summed E-state index contributed by atoms with van der Waals surface area (Å²) in [6, 6.07) is 2.27. The molecule has 1 atom stereocenters. The Morgan fingerprint density at radius 3 is 3.13 bits per heavy atom. The van der Waals surface area contributed by atoms with Crippen molar-refractivity contribution in [2.75, 3.05) is 7.05 Å². The first-order chi connectivity index (χ1) is 11.2. The number of hydrogen-bond acceptors (Lipinski definition) is 5. The summed E-state index contributed by atoms with van der Waals surface area (Å²) in [5.41, 5.74) is 0.968. The van der Waals surface area contributed by atoms with Crippen molar-refractivity contribution in [1.82, 2.24) is 30.6 Å². The standard InChI is InChI=1S/C15H23N7O/c1-10(2)13-6-12(23-21-13)7-17-15(16-3)20-11-4-5-14-18-9-19-22(14)8-11/h6,9-11H,4-5,7-8H2,1-3H3,(H2,16,17,20). The maximum Gasteiger partial charge on any atom is 0.191 e. The Labute approximate surface area is 135 Å². The molecule has 3 heterocycles. The number of aromatic nitrogens is 4. The first-order valence-corrected chi connectivity index (χ1v) is 7.95. The number of aliphatic imine (C=N–C) groups is 1. The molecule has 0 spiro atoms. The number of guanidine groups is 1. The topological polar surface area (TPSA) is 93.2 Å². The van der Waals surface area contributed by atoms with E-state index in [1.807, 2.05) is 10.7 Å². The second-order valence-corrected chi connectivity index (χ2v) is 6.04. The first kappa shape index (κ1) is 15.5. The number of hydrogen-bond donors (Lipinski definition) is 2. The van der Waals surface area contributed by atoms with Crippen molar-refractivity contribution in [1.29, 1.82) is 0 Å². The molecule has 1 aliphatic rings. The zero-order chi connectivity index (χ0) is 16.2. The van der Waals surface area contributed by atoms with Gasteiger partial charge in [-0.05, 0) is 12.3 Å². The van der Waals surface area contributed by atoms with Crippen molar-refractivity contribution >= 4 is 5.96 Å². The molecule has 0 saturated carbocycles. The van der Waals surface area contributed by atoms with E-state index in [1.165, 1.54) is 0 Å². The molecule has 0 saturated heterocycles. The summed E-state index contributed by atoms with van der Waals surface area (Å²) in [6.45, 7) is 5.55. The first-order valence-electron chi connectivity index (χ1n) is 7.95. The third kappa shape index (κ3) is 3.69. The van der Waals surface area contributed by atoms with Gasteiger partial charge in [-0.25, -0.2) is 9.67 Å². The predicted octanol–water partition coefficient (Wildman–Crippen LogP) is 1.07. The van der Waals surface area contributed by atoms with E-state index in [0.29, 0.717) is 12.5 Å². The largest absolute Gasteiger partial charge is 0.359 e. The quantitative estimate of drug-likeness (QED) is 0.647. The van der Waals surface area contributed by atoms with Gasteiger partial charge in [0.05, 0.1) is 18.8 Å². The second kappa shape index (κ2) is 6.80. The molecule has 0 radical (unpaired) electrons. The molecule has 3 rings (SSSR count). The maximum absolute atomic E-state index is 5.33. The zero-order valence-electron chi connectivity index (χ0n) is 13.8. The predicted molar refractivity (Wildman–Crippen MR) is 86.1 cm³/mol. The number of nitrogens with zero attached hydrogens (tertiary/aromatic N) is 5. The smallest absolute Gasteiger partial charge is 0.191 e. The van der Waals surface area contributed by atoms with Crippen LogP contribution in [-0.2, 0) is 19.5 Å². The van der Waals surface area contributed by atoms with E-state index >= 15 is 0 Å².